The highest BCUT2D eigenvalue weighted by molar-refractivity contribution is 7.90. The van der Waals surface area contributed by atoms with Gasteiger partial charge in [-0.3, -0.25) is 4.79 Å². The number of hydrogen-bond acceptors (Lipinski definition) is 5. The summed E-state index contributed by atoms with van der Waals surface area (Å²) in [6.07, 6.45) is 0.910. The molecular formula is C16H17FN2O4S. The number of nitrogens with one attached hydrogen (secondary N) is 2. The third-order valence-electron chi connectivity index (χ3n) is 3.13. The lowest BCUT2D eigenvalue weighted by atomic mass is 10.3. The monoisotopic (exact) mass is 352 g/mol. The molecule has 0 saturated heterocycles. The molecule has 0 unspecified atom stereocenters. The smallest absolute Gasteiger partial charge is 0.243 e. The van der Waals surface area contributed by atoms with Gasteiger partial charge in [0.25, 0.3) is 0 Å². The summed E-state index contributed by atoms with van der Waals surface area (Å²) in [7, 11) is -2.25. The van der Waals surface area contributed by atoms with Crippen LogP contribution in [0.3, 0.4) is 0 Å². The number of carbonyl (C=O) groups is 1. The van der Waals surface area contributed by atoms with Crippen LogP contribution in [0.2, 0.25) is 0 Å². The Bertz CT molecular complexity index is 853. The molecule has 8 heteroatoms. The van der Waals surface area contributed by atoms with Crippen LogP contribution in [0.4, 0.5) is 15.8 Å². The molecule has 2 N–H and O–H groups in total. The van der Waals surface area contributed by atoms with E-state index in [9.17, 15) is 17.6 Å². The van der Waals surface area contributed by atoms with Crippen molar-refractivity contribution in [2.75, 3.05) is 30.5 Å². The summed E-state index contributed by atoms with van der Waals surface area (Å²) in [6.45, 7) is -0.219. The summed E-state index contributed by atoms with van der Waals surface area (Å²) in [5.74, 6) is -0.687. The van der Waals surface area contributed by atoms with Crippen LogP contribution in [0.25, 0.3) is 0 Å². The van der Waals surface area contributed by atoms with Gasteiger partial charge in [0, 0.05) is 18.0 Å². The number of sulfone groups is 1. The normalized spacial score (nSPS) is 11.0. The highest BCUT2D eigenvalue weighted by Crippen LogP contribution is 2.24. The number of carbonyl (C=O) groups excluding carboxylic acids is 1. The Morgan fingerprint density at radius 3 is 2.58 bits per heavy atom. The maximum atomic E-state index is 13.8. The molecule has 24 heavy (non-hydrogen) atoms. The summed E-state index contributed by atoms with van der Waals surface area (Å²) in [4.78, 5) is 11.5. The maximum Gasteiger partial charge on any atom is 0.243 e. The molecule has 0 saturated carbocycles. The van der Waals surface area contributed by atoms with Crippen LogP contribution in [-0.2, 0) is 14.6 Å². The van der Waals surface area contributed by atoms with Crippen LogP contribution in [0, 0.1) is 5.82 Å². The number of anilines is 2. The van der Waals surface area contributed by atoms with E-state index in [0.717, 1.165) is 12.3 Å². The average molecular weight is 352 g/mol. The summed E-state index contributed by atoms with van der Waals surface area (Å²) in [6, 6.07) is 10.6. The second-order valence-electron chi connectivity index (χ2n) is 5.02. The van der Waals surface area contributed by atoms with Gasteiger partial charge < -0.3 is 15.4 Å². The molecule has 0 bridgehead atoms. The van der Waals surface area contributed by atoms with E-state index in [4.69, 9.17) is 4.74 Å². The Morgan fingerprint density at radius 1 is 1.21 bits per heavy atom. The van der Waals surface area contributed by atoms with Gasteiger partial charge in [0.05, 0.1) is 19.3 Å². The van der Waals surface area contributed by atoms with E-state index in [0.29, 0.717) is 11.4 Å². The predicted molar refractivity (Wildman–Crippen MR) is 89.6 cm³/mol. The molecule has 0 aliphatic carbocycles. The fourth-order valence-electron chi connectivity index (χ4n) is 2.11. The Balaban J connectivity index is 2.08. The lowest BCUT2D eigenvalue weighted by Crippen LogP contribution is -2.22. The minimum absolute atomic E-state index is 0.0401. The lowest BCUT2D eigenvalue weighted by Gasteiger charge is -2.12. The van der Waals surface area contributed by atoms with Gasteiger partial charge in [0.15, 0.2) is 9.84 Å². The van der Waals surface area contributed by atoms with Gasteiger partial charge in [-0.05, 0) is 24.3 Å². The lowest BCUT2D eigenvalue weighted by molar-refractivity contribution is -0.114. The molecule has 0 spiro atoms. The molecule has 128 valence electrons. The van der Waals surface area contributed by atoms with Crippen molar-refractivity contribution < 1.29 is 22.3 Å². The maximum absolute atomic E-state index is 13.8. The van der Waals surface area contributed by atoms with E-state index in [1.54, 1.807) is 24.3 Å². The predicted octanol–water partition coefficient (Wildman–Crippen LogP) is 2.29. The van der Waals surface area contributed by atoms with E-state index in [2.05, 4.69) is 10.6 Å². The van der Waals surface area contributed by atoms with Gasteiger partial charge in [0.1, 0.15) is 16.5 Å². The Morgan fingerprint density at radius 2 is 1.92 bits per heavy atom. The van der Waals surface area contributed by atoms with E-state index in [1.807, 2.05) is 0 Å². The van der Waals surface area contributed by atoms with Gasteiger partial charge in [-0.15, -0.1) is 0 Å². The number of methoxy groups -OCH3 is 1. The SMILES string of the molecule is COc1cccc(NC(=O)CNc2cccc(F)c2S(C)(=O)=O)c1. The molecule has 2 rings (SSSR count). The van der Waals surface area contributed by atoms with Gasteiger partial charge in [-0.2, -0.15) is 0 Å². The molecular weight excluding hydrogens is 335 g/mol. The van der Waals surface area contributed by atoms with Gasteiger partial charge in [0.2, 0.25) is 5.91 Å². The number of halogens is 1. The first-order chi connectivity index (χ1) is 11.3. The quantitative estimate of drug-likeness (QED) is 0.833. The van der Waals surface area contributed by atoms with Crippen LogP contribution in [0.15, 0.2) is 47.4 Å². The number of ether oxygens (including phenoxy) is 1. The molecule has 6 nitrogen and oxygen atoms in total. The highest BCUT2D eigenvalue weighted by atomic mass is 32.2. The van der Waals surface area contributed by atoms with E-state index in [-0.39, 0.29) is 12.2 Å². The van der Waals surface area contributed by atoms with Crippen molar-refractivity contribution in [2.45, 2.75) is 4.90 Å². The largest absolute Gasteiger partial charge is 0.497 e. The van der Waals surface area contributed by atoms with Crippen molar-refractivity contribution in [3.63, 3.8) is 0 Å². The minimum Gasteiger partial charge on any atom is -0.497 e. The third kappa shape index (κ3) is 4.45. The summed E-state index contributed by atoms with van der Waals surface area (Å²) in [5.41, 5.74) is 0.571. The summed E-state index contributed by atoms with van der Waals surface area (Å²) >= 11 is 0. The molecule has 2 aromatic rings. The van der Waals surface area contributed by atoms with Crippen molar-refractivity contribution in [3.8, 4) is 5.75 Å². The molecule has 0 fully saturated rings. The molecule has 0 aliphatic heterocycles. The van der Waals surface area contributed by atoms with Crippen molar-refractivity contribution >= 4 is 27.1 Å². The zero-order valence-corrected chi connectivity index (χ0v) is 14.0. The van der Waals surface area contributed by atoms with Gasteiger partial charge in [-0.1, -0.05) is 12.1 Å². The Kier molecular flexibility index (Phi) is 5.40. The zero-order valence-electron chi connectivity index (χ0n) is 13.2. The molecule has 1 amide bonds. The van der Waals surface area contributed by atoms with E-state index < -0.39 is 26.5 Å². The second kappa shape index (κ2) is 7.31. The van der Waals surface area contributed by atoms with Crippen LogP contribution < -0.4 is 15.4 Å². The molecule has 0 aromatic heterocycles. The fourth-order valence-corrected chi connectivity index (χ4v) is 3.07. The first-order valence-corrected chi connectivity index (χ1v) is 8.87. The van der Waals surface area contributed by atoms with Gasteiger partial charge >= 0.3 is 0 Å². The Hall–Kier alpha value is -2.61. The minimum atomic E-state index is -3.77. The number of benzene rings is 2. The van der Waals surface area contributed by atoms with Crippen LogP contribution in [-0.4, -0.2) is 34.2 Å². The first kappa shape index (κ1) is 17.7. The van der Waals surface area contributed by atoms with Gasteiger partial charge in [-0.25, -0.2) is 12.8 Å². The van der Waals surface area contributed by atoms with Crippen LogP contribution in [0.1, 0.15) is 0 Å². The third-order valence-corrected chi connectivity index (χ3v) is 4.29. The van der Waals surface area contributed by atoms with Crippen LogP contribution in [0.5, 0.6) is 5.75 Å². The van der Waals surface area contributed by atoms with E-state index >= 15 is 0 Å². The molecule has 2 aromatic carbocycles. The molecule has 0 atom stereocenters. The van der Waals surface area contributed by atoms with Crippen LogP contribution >= 0.6 is 0 Å². The first-order valence-electron chi connectivity index (χ1n) is 6.97. The van der Waals surface area contributed by atoms with Crippen molar-refractivity contribution in [3.05, 3.63) is 48.3 Å². The zero-order chi connectivity index (χ0) is 17.7. The number of hydrogen-bond donors (Lipinski definition) is 2. The standard InChI is InChI=1S/C16H17FN2O4S/c1-23-12-6-3-5-11(9-12)19-15(20)10-18-14-8-4-7-13(17)16(14)24(2,21)22/h3-9,18H,10H2,1-2H3,(H,19,20). The highest BCUT2D eigenvalue weighted by Gasteiger charge is 2.19. The fraction of sp³-hybridized carbons (Fsp3) is 0.188. The van der Waals surface area contributed by atoms with Crippen molar-refractivity contribution in [1.82, 2.24) is 0 Å². The topological polar surface area (TPSA) is 84.5 Å². The summed E-state index contributed by atoms with van der Waals surface area (Å²) < 4.78 is 42.2. The van der Waals surface area contributed by atoms with Crippen molar-refractivity contribution in [1.29, 1.82) is 0 Å². The Labute approximate surface area is 139 Å². The molecule has 0 heterocycles. The van der Waals surface area contributed by atoms with E-state index in [1.165, 1.54) is 19.2 Å². The molecule has 0 radical (unpaired) electrons. The number of amides is 1. The summed E-state index contributed by atoms with van der Waals surface area (Å²) in [5, 5.41) is 5.28. The molecule has 0 aliphatic rings. The number of rotatable bonds is 6. The van der Waals surface area contributed by atoms with Crippen molar-refractivity contribution in [2.24, 2.45) is 0 Å². The second-order valence-corrected chi connectivity index (χ2v) is 6.97. The average Bonchev–Trinajstić information content (AvgIpc) is 2.52.